The first kappa shape index (κ1) is 27.5. The summed E-state index contributed by atoms with van der Waals surface area (Å²) in [4.78, 5) is 5.40. The average molecular weight is 600 g/mol. The quantitative estimate of drug-likeness (QED) is 0.196. The summed E-state index contributed by atoms with van der Waals surface area (Å²) in [5.74, 6) is 0. The summed E-state index contributed by atoms with van der Waals surface area (Å²) in [6, 6.07) is 59.4. The predicted molar refractivity (Wildman–Crippen MR) is 199 cm³/mol. The monoisotopic (exact) mass is 599 g/mol. The Morgan fingerprint density at radius 2 is 1.02 bits per heavy atom. The number of rotatable bonds is 4. The average Bonchev–Trinajstić information content (AvgIpc) is 3.37. The molecule has 7 aromatic carbocycles. The number of aromatic nitrogens is 1. The molecule has 0 aliphatic heterocycles. The Kier molecular flexibility index (Phi) is 6.23. The lowest BCUT2D eigenvalue weighted by Gasteiger charge is -2.24. The number of fused-ring (bicyclic) bond motifs is 6. The standard InChI is InChI=1S/C46H33N/c1-46(2)42-24-9-8-22-38(42)39-25-26-40-41(44(39)46)29-43(47-45(40)31-14-4-3-5-15-31)35-20-11-18-33(28-35)32-17-10-19-34(27-32)37-23-12-16-30-13-6-7-21-36(30)37/h3-29H,1-2H3. The van der Waals surface area contributed by atoms with Gasteiger partial charge in [0.15, 0.2) is 0 Å². The van der Waals surface area contributed by atoms with Crippen LogP contribution in [-0.2, 0) is 5.41 Å². The van der Waals surface area contributed by atoms with Crippen molar-refractivity contribution in [3.05, 3.63) is 175 Å². The van der Waals surface area contributed by atoms with Crippen molar-refractivity contribution >= 4 is 21.5 Å². The van der Waals surface area contributed by atoms with Crippen molar-refractivity contribution in [3.63, 3.8) is 0 Å². The van der Waals surface area contributed by atoms with Gasteiger partial charge >= 0.3 is 0 Å². The molecule has 0 unspecified atom stereocenters. The third-order valence-electron chi connectivity index (χ3n) is 10.0. The van der Waals surface area contributed by atoms with Gasteiger partial charge in [-0.2, -0.15) is 0 Å². The Hall–Kier alpha value is -5.79. The van der Waals surface area contributed by atoms with Crippen LogP contribution in [0.25, 0.3) is 77.4 Å². The van der Waals surface area contributed by atoms with Crippen LogP contribution in [0.2, 0.25) is 0 Å². The first-order chi connectivity index (χ1) is 23.1. The minimum atomic E-state index is -0.123. The topological polar surface area (TPSA) is 12.9 Å². The molecule has 0 bridgehead atoms. The van der Waals surface area contributed by atoms with E-state index in [9.17, 15) is 0 Å². The smallest absolute Gasteiger partial charge is 0.0787 e. The van der Waals surface area contributed by atoms with E-state index < -0.39 is 0 Å². The van der Waals surface area contributed by atoms with Crippen molar-refractivity contribution < 1.29 is 0 Å². The van der Waals surface area contributed by atoms with Crippen LogP contribution < -0.4 is 0 Å². The molecule has 0 saturated heterocycles. The second-order valence-electron chi connectivity index (χ2n) is 13.2. The van der Waals surface area contributed by atoms with E-state index in [4.69, 9.17) is 4.98 Å². The SMILES string of the molecule is CC1(C)c2ccccc2-c2ccc3c(-c4ccccc4)nc(-c4cccc(-c5cccc(-c6cccc7ccccc67)c5)c4)cc3c21. The van der Waals surface area contributed by atoms with Crippen LogP contribution in [0.3, 0.4) is 0 Å². The van der Waals surface area contributed by atoms with Gasteiger partial charge in [-0.05, 0) is 78.9 Å². The first-order valence-corrected chi connectivity index (χ1v) is 16.4. The van der Waals surface area contributed by atoms with E-state index in [2.05, 4.69) is 178 Å². The molecule has 1 heteroatoms. The van der Waals surface area contributed by atoms with Gasteiger partial charge in [0.2, 0.25) is 0 Å². The van der Waals surface area contributed by atoms with Crippen LogP contribution in [-0.4, -0.2) is 4.98 Å². The summed E-state index contributed by atoms with van der Waals surface area (Å²) >= 11 is 0. The van der Waals surface area contributed by atoms with Gasteiger partial charge in [0.05, 0.1) is 11.4 Å². The van der Waals surface area contributed by atoms with Crippen molar-refractivity contribution in [3.8, 4) is 55.9 Å². The second-order valence-corrected chi connectivity index (χ2v) is 13.2. The van der Waals surface area contributed by atoms with Crippen molar-refractivity contribution in [2.45, 2.75) is 19.3 Å². The van der Waals surface area contributed by atoms with Crippen LogP contribution in [0.1, 0.15) is 25.0 Å². The summed E-state index contributed by atoms with van der Waals surface area (Å²) in [5, 5.41) is 4.99. The maximum Gasteiger partial charge on any atom is 0.0787 e. The lowest BCUT2D eigenvalue weighted by Crippen LogP contribution is -2.15. The molecule has 0 radical (unpaired) electrons. The Bertz CT molecular complexity index is 2480. The van der Waals surface area contributed by atoms with Crippen LogP contribution in [0.5, 0.6) is 0 Å². The summed E-state index contributed by atoms with van der Waals surface area (Å²) < 4.78 is 0. The molecule has 1 heterocycles. The van der Waals surface area contributed by atoms with Gasteiger partial charge in [0, 0.05) is 21.9 Å². The largest absolute Gasteiger partial charge is 0.247 e. The van der Waals surface area contributed by atoms with E-state index in [0.717, 1.165) is 22.5 Å². The fourth-order valence-electron chi connectivity index (χ4n) is 7.79. The Morgan fingerprint density at radius 3 is 1.87 bits per heavy atom. The summed E-state index contributed by atoms with van der Waals surface area (Å²) in [5.41, 5.74) is 14.4. The lowest BCUT2D eigenvalue weighted by atomic mass is 9.80. The highest BCUT2D eigenvalue weighted by atomic mass is 14.7. The summed E-state index contributed by atoms with van der Waals surface area (Å²) in [6.07, 6.45) is 0. The highest BCUT2D eigenvalue weighted by Crippen LogP contribution is 2.52. The van der Waals surface area contributed by atoms with Gasteiger partial charge in [-0.3, -0.25) is 0 Å². The summed E-state index contributed by atoms with van der Waals surface area (Å²) in [7, 11) is 0. The molecule has 0 atom stereocenters. The van der Waals surface area contributed by atoms with Crippen LogP contribution in [0.4, 0.5) is 0 Å². The van der Waals surface area contributed by atoms with Gasteiger partial charge in [-0.15, -0.1) is 0 Å². The van der Waals surface area contributed by atoms with Crippen molar-refractivity contribution in [1.29, 1.82) is 0 Å². The number of pyridine rings is 1. The normalized spacial score (nSPS) is 13.1. The zero-order chi connectivity index (χ0) is 31.5. The molecule has 1 nitrogen and oxygen atoms in total. The zero-order valence-corrected chi connectivity index (χ0v) is 26.5. The van der Waals surface area contributed by atoms with E-state index >= 15 is 0 Å². The molecular formula is C46H33N. The van der Waals surface area contributed by atoms with Crippen LogP contribution in [0, 0.1) is 0 Å². The third-order valence-corrected chi connectivity index (χ3v) is 10.0. The molecule has 9 rings (SSSR count). The predicted octanol–water partition coefficient (Wildman–Crippen LogP) is 12.4. The highest BCUT2D eigenvalue weighted by molar-refractivity contribution is 6.04. The molecule has 47 heavy (non-hydrogen) atoms. The Morgan fingerprint density at radius 1 is 0.404 bits per heavy atom. The van der Waals surface area contributed by atoms with Crippen molar-refractivity contribution in [2.24, 2.45) is 0 Å². The van der Waals surface area contributed by atoms with Crippen molar-refractivity contribution in [1.82, 2.24) is 4.98 Å². The summed E-state index contributed by atoms with van der Waals surface area (Å²) in [6.45, 7) is 4.73. The Labute approximate surface area is 275 Å². The van der Waals surface area contributed by atoms with E-state index in [1.54, 1.807) is 0 Å². The first-order valence-electron chi connectivity index (χ1n) is 16.4. The van der Waals surface area contributed by atoms with E-state index in [1.165, 1.54) is 66.1 Å². The van der Waals surface area contributed by atoms with Crippen LogP contribution >= 0.6 is 0 Å². The lowest BCUT2D eigenvalue weighted by molar-refractivity contribution is 0.666. The molecule has 0 amide bonds. The minimum Gasteiger partial charge on any atom is -0.247 e. The molecule has 1 aliphatic carbocycles. The van der Waals surface area contributed by atoms with Gasteiger partial charge < -0.3 is 0 Å². The van der Waals surface area contributed by atoms with Crippen molar-refractivity contribution in [2.75, 3.05) is 0 Å². The van der Waals surface area contributed by atoms with E-state index in [-0.39, 0.29) is 5.41 Å². The molecule has 8 aromatic rings. The number of hydrogen-bond acceptors (Lipinski definition) is 1. The highest BCUT2D eigenvalue weighted by Gasteiger charge is 2.37. The minimum absolute atomic E-state index is 0.123. The van der Waals surface area contributed by atoms with Crippen LogP contribution in [0.15, 0.2) is 164 Å². The zero-order valence-electron chi connectivity index (χ0n) is 26.5. The van der Waals surface area contributed by atoms with Gasteiger partial charge in [0.1, 0.15) is 0 Å². The van der Waals surface area contributed by atoms with E-state index in [0.29, 0.717) is 0 Å². The molecular weight excluding hydrogens is 567 g/mol. The molecule has 222 valence electrons. The molecule has 0 spiro atoms. The molecule has 0 N–H and O–H groups in total. The van der Waals surface area contributed by atoms with E-state index in [1.807, 2.05) is 0 Å². The third kappa shape index (κ3) is 4.42. The fourth-order valence-corrected chi connectivity index (χ4v) is 7.79. The molecule has 0 saturated carbocycles. The number of benzene rings is 7. The number of nitrogens with zero attached hydrogens (tertiary/aromatic N) is 1. The fraction of sp³-hybridized carbons (Fsp3) is 0.0652. The Balaban J connectivity index is 1.22. The maximum atomic E-state index is 5.40. The molecule has 1 aromatic heterocycles. The number of hydrogen-bond donors (Lipinski definition) is 0. The second kappa shape index (κ2) is 10.6. The van der Waals surface area contributed by atoms with Gasteiger partial charge in [0.25, 0.3) is 0 Å². The molecule has 0 fully saturated rings. The maximum absolute atomic E-state index is 5.40. The van der Waals surface area contributed by atoms with Gasteiger partial charge in [-0.1, -0.05) is 159 Å². The van der Waals surface area contributed by atoms with Gasteiger partial charge in [-0.25, -0.2) is 4.98 Å². The molecule has 1 aliphatic rings.